The fourth-order valence-corrected chi connectivity index (χ4v) is 3.71. The third-order valence-corrected chi connectivity index (χ3v) is 5.43. The number of aromatic nitrogens is 2. The first-order chi connectivity index (χ1) is 9.93. The lowest BCUT2D eigenvalue weighted by Gasteiger charge is -2.10. The van der Waals surface area contributed by atoms with E-state index in [-0.39, 0.29) is 22.5 Å². The van der Waals surface area contributed by atoms with Crippen molar-refractivity contribution in [3.63, 3.8) is 0 Å². The number of fused-ring (bicyclic) bond motifs is 1. The number of hydrogen-bond acceptors (Lipinski definition) is 6. The lowest BCUT2D eigenvalue weighted by molar-refractivity contribution is -0.139. The van der Waals surface area contributed by atoms with Crippen molar-refractivity contribution in [2.24, 2.45) is 0 Å². The van der Waals surface area contributed by atoms with Crippen LogP contribution in [0.1, 0.15) is 35.4 Å². The van der Waals surface area contributed by atoms with E-state index in [9.17, 15) is 9.59 Å². The summed E-state index contributed by atoms with van der Waals surface area (Å²) in [4.78, 5) is 32.8. The number of carbonyl (C=O) groups is 1. The van der Waals surface area contributed by atoms with E-state index in [4.69, 9.17) is 4.74 Å². The number of carbonyl (C=O) groups excluding carboxylic acids is 1. The van der Waals surface area contributed by atoms with Crippen LogP contribution in [0.4, 0.5) is 0 Å². The van der Waals surface area contributed by atoms with Crippen LogP contribution >= 0.6 is 23.1 Å². The van der Waals surface area contributed by atoms with Crippen LogP contribution in [0, 0.1) is 13.8 Å². The van der Waals surface area contributed by atoms with Gasteiger partial charge in [0.15, 0.2) is 0 Å². The maximum absolute atomic E-state index is 12.2. The van der Waals surface area contributed by atoms with Gasteiger partial charge in [-0.25, -0.2) is 4.98 Å². The minimum absolute atomic E-state index is 0.0748. The third-order valence-electron chi connectivity index (χ3n) is 3.20. The zero-order valence-electron chi connectivity index (χ0n) is 12.5. The molecule has 0 saturated carbocycles. The number of aryl methyl sites for hydroxylation is 2. The summed E-state index contributed by atoms with van der Waals surface area (Å²) in [7, 11) is 0. The zero-order chi connectivity index (χ0) is 15.6. The average Bonchev–Trinajstić information content (AvgIpc) is 2.72. The van der Waals surface area contributed by atoms with Crippen LogP contribution in [-0.4, -0.2) is 28.3 Å². The zero-order valence-corrected chi connectivity index (χ0v) is 14.1. The van der Waals surface area contributed by atoms with E-state index in [0.29, 0.717) is 17.8 Å². The fourth-order valence-electron chi connectivity index (χ4n) is 1.94. The van der Waals surface area contributed by atoms with Crippen LogP contribution in [0.3, 0.4) is 0 Å². The number of ether oxygens (including phenoxy) is 1. The molecule has 5 nitrogen and oxygen atoms in total. The number of rotatable bonds is 5. The summed E-state index contributed by atoms with van der Waals surface area (Å²) in [5, 5.41) is 0.595. The van der Waals surface area contributed by atoms with Crippen molar-refractivity contribution < 1.29 is 9.53 Å². The van der Waals surface area contributed by atoms with Gasteiger partial charge in [0.2, 0.25) is 0 Å². The number of H-pyrrole nitrogens is 1. The lowest BCUT2D eigenvalue weighted by Crippen LogP contribution is -2.14. The number of nitrogens with zero attached hydrogens (tertiary/aromatic N) is 1. The van der Waals surface area contributed by atoms with Crippen molar-refractivity contribution in [2.45, 2.75) is 32.9 Å². The Kier molecular flexibility index (Phi) is 5.05. The minimum Gasteiger partial charge on any atom is -0.465 e. The second-order valence-electron chi connectivity index (χ2n) is 4.67. The van der Waals surface area contributed by atoms with Crippen molar-refractivity contribution in [2.75, 3.05) is 12.4 Å². The molecule has 0 radical (unpaired) electrons. The molecule has 0 bridgehead atoms. The van der Waals surface area contributed by atoms with E-state index in [0.717, 1.165) is 15.3 Å². The van der Waals surface area contributed by atoms with Crippen molar-refractivity contribution in [1.82, 2.24) is 9.97 Å². The van der Waals surface area contributed by atoms with E-state index < -0.39 is 0 Å². The molecule has 0 saturated heterocycles. The third kappa shape index (κ3) is 3.47. The maximum Gasteiger partial charge on any atom is 0.315 e. The molecule has 0 aromatic carbocycles. The Morgan fingerprint density at radius 3 is 2.86 bits per heavy atom. The highest BCUT2D eigenvalue weighted by Crippen LogP contribution is 2.29. The lowest BCUT2D eigenvalue weighted by atomic mass is 10.2. The molecular weight excluding hydrogens is 308 g/mol. The Morgan fingerprint density at radius 1 is 1.48 bits per heavy atom. The molecule has 7 heteroatoms. The summed E-state index contributed by atoms with van der Waals surface area (Å²) < 4.78 is 4.89. The second-order valence-corrected chi connectivity index (χ2v) is 7.21. The van der Waals surface area contributed by atoms with Gasteiger partial charge in [-0.2, -0.15) is 0 Å². The second kappa shape index (κ2) is 6.62. The number of thioether (sulfide) groups is 1. The van der Waals surface area contributed by atoms with E-state index in [1.54, 1.807) is 6.92 Å². The fraction of sp³-hybridized carbons (Fsp3) is 0.500. The van der Waals surface area contributed by atoms with Gasteiger partial charge in [0, 0.05) is 4.88 Å². The van der Waals surface area contributed by atoms with E-state index in [2.05, 4.69) is 9.97 Å². The average molecular weight is 326 g/mol. The molecule has 2 heterocycles. The Hall–Kier alpha value is -1.34. The maximum atomic E-state index is 12.2. The molecule has 0 aliphatic rings. The van der Waals surface area contributed by atoms with Gasteiger partial charge in [-0.3, -0.25) is 9.59 Å². The Morgan fingerprint density at radius 2 is 2.19 bits per heavy atom. The van der Waals surface area contributed by atoms with Crippen molar-refractivity contribution in [1.29, 1.82) is 0 Å². The van der Waals surface area contributed by atoms with Gasteiger partial charge in [0.25, 0.3) is 5.56 Å². The highest BCUT2D eigenvalue weighted by Gasteiger charge is 2.16. The van der Waals surface area contributed by atoms with Gasteiger partial charge < -0.3 is 9.72 Å². The van der Waals surface area contributed by atoms with Crippen molar-refractivity contribution in [3.05, 3.63) is 26.6 Å². The molecular formula is C14H18N2O3S2. The SMILES string of the molecule is CCOC(=O)CSC(C)c1nc2sc(C)c(C)c2c(=O)[nH]1. The Labute approximate surface area is 131 Å². The predicted molar refractivity (Wildman–Crippen MR) is 87.2 cm³/mol. The van der Waals surface area contributed by atoms with Crippen LogP contribution in [0.15, 0.2) is 4.79 Å². The van der Waals surface area contributed by atoms with Gasteiger partial charge in [-0.1, -0.05) is 0 Å². The highest BCUT2D eigenvalue weighted by atomic mass is 32.2. The molecule has 1 unspecified atom stereocenters. The van der Waals surface area contributed by atoms with Crippen molar-refractivity contribution in [3.8, 4) is 0 Å². The molecule has 114 valence electrons. The normalized spacial score (nSPS) is 12.6. The molecule has 0 aliphatic heterocycles. The largest absolute Gasteiger partial charge is 0.465 e. The predicted octanol–water partition coefficient (Wildman–Crippen LogP) is 2.96. The van der Waals surface area contributed by atoms with Gasteiger partial charge >= 0.3 is 5.97 Å². The number of nitrogens with one attached hydrogen (secondary N) is 1. The summed E-state index contributed by atoms with van der Waals surface area (Å²) in [5.41, 5.74) is 0.877. The molecule has 1 atom stereocenters. The molecule has 2 aromatic rings. The van der Waals surface area contributed by atoms with Gasteiger partial charge in [-0.05, 0) is 33.3 Å². The number of thiophene rings is 1. The minimum atomic E-state index is -0.249. The van der Waals surface area contributed by atoms with Crippen LogP contribution < -0.4 is 5.56 Å². The molecule has 2 aromatic heterocycles. The first kappa shape index (κ1) is 16.0. The summed E-state index contributed by atoms with van der Waals surface area (Å²) in [6.45, 7) is 7.99. The summed E-state index contributed by atoms with van der Waals surface area (Å²) in [6.07, 6.45) is 0. The molecule has 1 N–H and O–H groups in total. The molecule has 21 heavy (non-hydrogen) atoms. The quantitative estimate of drug-likeness (QED) is 0.855. The van der Waals surface area contributed by atoms with Gasteiger partial charge in [0.05, 0.1) is 23.0 Å². The summed E-state index contributed by atoms with van der Waals surface area (Å²) in [5.74, 6) is 0.600. The standard InChI is InChI=1S/C14H18N2O3S2/c1-5-19-10(17)6-20-9(4)12-15-13(18)11-7(2)8(3)21-14(11)16-12/h9H,5-6H2,1-4H3,(H,15,16,18). The van der Waals surface area contributed by atoms with Gasteiger partial charge in [-0.15, -0.1) is 23.1 Å². The van der Waals surface area contributed by atoms with Crippen LogP contribution in [0.2, 0.25) is 0 Å². The topological polar surface area (TPSA) is 72.0 Å². The molecule has 0 spiro atoms. The number of aromatic amines is 1. The monoisotopic (exact) mass is 326 g/mol. The Bertz CT molecular complexity index is 721. The summed E-state index contributed by atoms with van der Waals surface area (Å²) in [6, 6.07) is 0. The van der Waals surface area contributed by atoms with Crippen LogP contribution in [-0.2, 0) is 9.53 Å². The molecule has 0 fully saturated rings. The van der Waals surface area contributed by atoms with Crippen LogP contribution in [0.5, 0.6) is 0 Å². The van der Waals surface area contributed by atoms with Crippen molar-refractivity contribution >= 4 is 39.3 Å². The summed E-state index contributed by atoms with van der Waals surface area (Å²) >= 11 is 2.93. The molecule has 2 rings (SSSR count). The highest BCUT2D eigenvalue weighted by molar-refractivity contribution is 8.00. The first-order valence-corrected chi connectivity index (χ1v) is 8.57. The molecule has 0 aliphatic carbocycles. The van der Waals surface area contributed by atoms with Gasteiger partial charge in [0.1, 0.15) is 10.7 Å². The Balaban J connectivity index is 2.22. The first-order valence-electron chi connectivity index (χ1n) is 6.71. The van der Waals surface area contributed by atoms with E-state index in [1.165, 1.54) is 23.1 Å². The smallest absolute Gasteiger partial charge is 0.315 e. The van der Waals surface area contributed by atoms with Crippen LogP contribution in [0.25, 0.3) is 10.2 Å². The molecule has 0 amide bonds. The van der Waals surface area contributed by atoms with E-state index in [1.807, 2.05) is 20.8 Å². The van der Waals surface area contributed by atoms with E-state index >= 15 is 0 Å². The number of hydrogen-bond donors (Lipinski definition) is 1. The number of esters is 1.